The van der Waals surface area contributed by atoms with Crippen molar-refractivity contribution in [1.82, 2.24) is 15.1 Å². The van der Waals surface area contributed by atoms with Crippen molar-refractivity contribution in [3.05, 3.63) is 60.7 Å². The van der Waals surface area contributed by atoms with Crippen LogP contribution in [-0.2, 0) is 9.59 Å². The van der Waals surface area contributed by atoms with Crippen LogP contribution in [0.25, 0.3) is 0 Å². The Morgan fingerprint density at radius 1 is 0.889 bits per heavy atom. The Balaban J connectivity index is 1.28. The van der Waals surface area contributed by atoms with Crippen molar-refractivity contribution >= 4 is 29.2 Å². The summed E-state index contributed by atoms with van der Waals surface area (Å²) in [7, 11) is 0. The standard InChI is InChI=1S/C28H35N5O3/c34-25(29-22-10-4-1-5-11-22)20-32-21-33(24-14-8-3-9-15-24)28(26(32)35)16-18-31(19-17-28)27(36)30-23-12-6-2-7-13-23/h2-3,6-9,12-15,22H,1,4-5,10-11,16-21H2,(H,29,34)(H,30,36). The molecule has 2 aromatic carbocycles. The number of para-hydroxylation sites is 2. The van der Waals surface area contributed by atoms with E-state index < -0.39 is 5.54 Å². The molecule has 0 radical (unpaired) electrons. The summed E-state index contributed by atoms with van der Waals surface area (Å²) in [6.07, 6.45) is 6.58. The highest BCUT2D eigenvalue weighted by molar-refractivity contribution is 5.97. The van der Waals surface area contributed by atoms with Crippen molar-refractivity contribution in [3.8, 4) is 0 Å². The molecule has 2 saturated heterocycles. The zero-order valence-corrected chi connectivity index (χ0v) is 20.7. The van der Waals surface area contributed by atoms with E-state index >= 15 is 0 Å². The number of hydrogen-bond donors (Lipinski definition) is 2. The predicted molar refractivity (Wildman–Crippen MR) is 140 cm³/mol. The number of anilines is 2. The van der Waals surface area contributed by atoms with Crippen LogP contribution in [0, 0.1) is 0 Å². The second kappa shape index (κ2) is 10.6. The third-order valence-electron chi connectivity index (χ3n) is 7.79. The minimum absolute atomic E-state index is 0.0201. The molecule has 36 heavy (non-hydrogen) atoms. The van der Waals surface area contributed by atoms with E-state index in [2.05, 4.69) is 15.5 Å². The molecule has 1 spiro atoms. The summed E-state index contributed by atoms with van der Waals surface area (Å²) in [4.78, 5) is 45.2. The zero-order valence-electron chi connectivity index (χ0n) is 20.7. The molecule has 1 aliphatic carbocycles. The van der Waals surface area contributed by atoms with Crippen molar-refractivity contribution in [1.29, 1.82) is 0 Å². The summed E-state index contributed by atoms with van der Waals surface area (Å²) in [6.45, 7) is 1.38. The molecular weight excluding hydrogens is 454 g/mol. The predicted octanol–water partition coefficient (Wildman–Crippen LogP) is 3.81. The highest BCUT2D eigenvalue weighted by Gasteiger charge is 2.54. The third-order valence-corrected chi connectivity index (χ3v) is 7.79. The fraction of sp³-hybridized carbons (Fsp3) is 0.464. The molecular formula is C28H35N5O3. The number of carbonyl (C=O) groups is 3. The number of likely N-dealkylation sites (tertiary alicyclic amines) is 1. The van der Waals surface area contributed by atoms with Gasteiger partial charge in [-0.3, -0.25) is 9.59 Å². The van der Waals surface area contributed by atoms with Gasteiger partial charge in [-0.25, -0.2) is 4.79 Å². The molecule has 3 aliphatic rings. The number of nitrogens with one attached hydrogen (secondary N) is 2. The molecule has 2 N–H and O–H groups in total. The molecule has 0 unspecified atom stereocenters. The smallest absolute Gasteiger partial charge is 0.321 e. The first-order valence-electron chi connectivity index (χ1n) is 13.1. The number of benzene rings is 2. The van der Waals surface area contributed by atoms with Gasteiger partial charge in [-0.2, -0.15) is 0 Å². The Morgan fingerprint density at radius 2 is 1.53 bits per heavy atom. The molecule has 190 valence electrons. The first kappa shape index (κ1) is 24.2. The summed E-state index contributed by atoms with van der Waals surface area (Å²) in [5, 5.41) is 6.09. The maximum absolute atomic E-state index is 13.8. The molecule has 2 heterocycles. The molecule has 0 bridgehead atoms. The van der Waals surface area contributed by atoms with Gasteiger partial charge in [0, 0.05) is 30.5 Å². The monoisotopic (exact) mass is 489 g/mol. The van der Waals surface area contributed by atoms with E-state index in [0.29, 0.717) is 32.6 Å². The normalized spacial score (nSPS) is 20.0. The average Bonchev–Trinajstić information content (AvgIpc) is 3.16. The number of urea groups is 1. The molecule has 8 nitrogen and oxygen atoms in total. The van der Waals surface area contributed by atoms with Gasteiger partial charge in [0.1, 0.15) is 12.1 Å². The van der Waals surface area contributed by atoms with Gasteiger partial charge < -0.3 is 25.3 Å². The second-order valence-corrected chi connectivity index (χ2v) is 10.1. The van der Waals surface area contributed by atoms with Crippen LogP contribution in [0.1, 0.15) is 44.9 Å². The number of hydrogen-bond acceptors (Lipinski definition) is 4. The van der Waals surface area contributed by atoms with Gasteiger partial charge in [-0.15, -0.1) is 0 Å². The van der Waals surface area contributed by atoms with E-state index in [1.54, 1.807) is 9.80 Å². The second-order valence-electron chi connectivity index (χ2n) is 10.1. The van der Waals surface area contributed by atoms with Crippen molar-refractivity contribution in [2.24, 2.45) is 0 Å². The zero-order chi connectivity index (χ0) is 25.0. The van der Waals surface area contributed by atoms with Crippen LogP contribution in [0.15, 0.2) is 60.7 Å². The van der Waals surface area contributed by atoms with E-state index in [1.165, 1.54) is 6.42 Å². The van der Waals surface area contributed by atoms with Crippen molar-refractivity contribution < 1.29 is 14.4 Å². The molecule has 2 aromatic rings. The maximum Gasteiger partial charge on any atom is 0.321 e. The minimum Gasteiger partial charge on any atom is -0.352 e. The lowest BCUT2D eigenvalue weighted by molar-refractivity contribution is -0.137. The van der Waals surface area contributed by atoms with Crippen LogP contribution in [-0.4, -0.2) is 65.5 Å². The SMILES string of the molecule is O=C(CN1CN(c2ccccc2)C2(CCN(C(=O)Nc3ccccc3)CC2)C1=O)NC1CCCCC1. The van der Waals surface area contributed by atoms with Gasteiger partial charge in [-0.1, -0.05) is 55.7 Å². The van der Waals surface area contributed by atoms with E-state index in [-0.39, 0.29) is 30.4 Å². The fourth-order valence-electron chi connectivity index (χ4n) is 5.82. The van der Waals surface area contributed by atoms with Crippen molar-refractivity contribution in [2.75, 3.05) is 36.5 Å². The number of rotatable bonds is 5. The number of nitrogens with zero attached hydrogens (tertiary/aromatic N) is 3. The van der Waals surface area contributed by atoms with Crippen LogP contribution < -0.4 is 15.5 Å². The fourth-order valence-corrected chi connectivity index (χ4v) is 5.82. The minimum atomic E-state index is -0.754. The maximum atomic E-state index is 13.8. The highest BCUT2D eigenvalue weighted by atomic mass is 16.2. The summed E-state index contributed by atoms with van der Waals surface area (Å²) in [5.41, 5.74) is 0.958. The van der Waals surface area contributed by atoms with Gasteiger partial charge in [-0.05, 0) is 49.9 Å². The van der Waals surface area contributed by atoms with E-state index in [1.807, 2.05) is 60.7 Å². The lowest BCUT2D eigenvalue weighted by Gasteiger charge is -2.43. The van der Waals surface area contributed by atoms with Gasteiger partial charge in [0.25, 0.3) is 5.91 Å². The Bertz CT molecular complexity index is 1060. The molecule has 3 fully saturated rings. The van der Waals surface area contributed by atoms with Crippen molar-refractivity contribution in [3.63, 3.8) is 0 Å². The molecule has 0 aromatic heterocycles. The lowest BCUT2D eigenvalue weighted by atomic mass is 9.85. The lowest BCUT2D eigenvalue weighted by Crippen LogP contribution is -2.58. The Kier molecular flexibility index (Phi) is 7.11. The Morgan fingerprint density at radius 3 is 2.19 bits per heavy atom. The number of piperidine rings is 1. The van der Waals surface area contributed by atoms with Crippen LogP contribution in [0.2, 0.25) is 0 Å². The average molecular weight is 490 g/mol. The van der Waals surface area contributed by atoms with Crippen LogP contribution in [0.3, 0.4) is 0 Å². The van der Waals surface area contributed by atoms with E-state index in [9.17, 15) is 14.4 Å². The van der Waals surface area contributed by atoms with Crippen LogP contribution in [0.4, 0.5) is 16.2 Å². The van der Waals surface area contributed by atoms with Crippen LogP contribution >= 0.6 is 0 Å². The third kappa shape index (κ3) is 5.03. The van der Waals surface area contributed by atoms with Gasteiger partial charge >= 0.3 is 6.03 Å². The van der Waals surface area contributed by atoms with Gasteiger partial charge in [0.15, 0.2) is 0 Å². The largest absolute Gasteiger partial charge is 0.352 e. The molecule has 5 rings (SSSR count). The number of carbonyl (C=O) groups excluding carboxylic acids is 3. The topological polar surface area (TPSA) is 85.0 Å². The molecule has 1 saturated carbocycles. The summed E-state index contributed by atoms with van der Waals surface area (Å²) in [6, 6.07) is 19.4. The summed E-state index contributed by atoms with van der Waals surface area (Å²) >= 11 is 0. The first-order chi connectivity index (χ1) is 17.5. The summed E-state index contributed by atoms with van der Waals surface area (Å²) < 4.78 is 0. The number of amides is 4. The van der Waals surface area contributed by atoms with E-state index in [0.717, 1.165) is 37.1 Å². The summed E-state index contributed by atoms with van der Waals surface area (Å²) in [5.74, 6) is -0.103. The highest BCUT2D eigenvalue weighted by Crippen LogP contribution is 2.39. The Labute approximate surface area is 212 Å². The Hall–Kier alpha value is -3.55. The quantitative estimate of drug-likeness (QED) is 0.669. The van der Waals surface area contributed by atoms with Crippen molar-refractivity contribution in [2.45, 2.75) is 56.5 Å². The van der Waals surface area contributed by atoms with E-state index in [4.69, 9.17) is 0 Å². The molecule has 4 amide bonds. The molecule has 2 aliphatic heterocycles. The van der Waals surface area contributed by atoms with Gasteiger partial charge in [0.2, 0.25) is 5.91 Å². The first-order valence-corrected chi connectivity index (χ1v) is 13.1. The molecule has 8 heteroatoms. The van der Waals surface area contributed by atoms with Crippen LogP contribution in [0.5, 0.6) is 0 Å². The van der Waals surface area contributed by atoms with Gasteiger partial charge in [0.05, 0.1) is 6.67 Å². The molecule has 0 atom stereocenters.